The van der Waals surface area contributed by atoms with E-state index in [2.05, 4.69) is 0 Å². The van der Waals surface area contributed by atoms with E-state index in [1.165, 1.54) is 33.5 Å². The van der Waals surface area contributed by atoms with Gasteiger partial charge >= 0.3 is 6.18 Å². The van der Waals surface area contributed by atoms with Crippen molar-refractivity contribution in [3.63, 3.8) is 0 Å². The van der Waals surface area contributed by atoms with E-state index < -0.39 is 28.0 Å². The van der Waals surface area contributed by atoms with E-state index in [1.807, 2.05) is 6.92 Å². The molecular weight excluding hydrogens is 393 g/mol. The summed E-state index contributed by atoms with van der Waals surface area (Å²) in [7, 11) is -3.65. The first-order valence-corrected chi connectivity index (χ1v) is 11.0. The molecule has 2 unspecified atom stereocenters. The lowest BCUT2D eigenvalue weighted by Crippen LogP contribution is -2.44. The third-order valence-corrected chi connectivity index (χ3v) is 7.65. The molecule has 0 radical (unpaired) electrons. The van der Waals surface area contributed by atoms with Gasteiger partial charge in [0.2, 0.25) is 10.0 Å². The Morgan fingerprint density at radius 1 is 1.04 bits per heavy atom. The molecule has 5 nitrogen and oxygen atoms in total. The molecule has 28 heavy (non-hydrogen) atoms. The van der Waals surface area contributed by atoms with Crippen molar-refractivity contribution in [2.75, 3.05) is 19.6 Å². The number of piperidine rings is 2. The van der Waals surface area contributed by atoms with Gasteiger partial charge < -0.3 is 4.90 Å². The standard InChI is InChI=1S/C19H25F3N2O3S/c1-14-5-2-3-12-24(14)28(26,27)17-9-7-15(8-10-17)18(25)23-11-4-6-16(13-23)19(20,21)22/h7-10,14,16H,2-6,11-13H2,1H3. The molecule has 2 aliphatic heterocycles. The van der Waals surface area contributed by atoms with Gasteiger partial charge in [-0.3, -0.25) is 4.79 Å². The van der Waals surface area contributed by atoms with Crippen LogP contribution in [-0.2, 0) is 10.0 Å². The van der Waals surface area contributed by atoms with Gasteiger partial charge in [0.15, 0.2) is 0 Å². The summed E-state index contributed by atoms with van der Waals surface area (Å²) in [6.45, 7) is 2.27. The van der Waals surface area contributed by atoms with Crippen LogP contribution in [0.2, 0.25) is 0 Å². The lowest BCUT2D eigenvalue weighted by molar-refractivity contribution is -0.184. The molecule has 0 N–H and O–H groups in total. The highest BCUT2D eigenvalue weighted by Crippen LogP contribution is 2.33. The minimum Gasteiger partial charge on any atom is -0.338 e. The van der Waals surface area contributed by atoms with E-state index in [0.717, 1.165) is 19.3 Å². The zero-order valence-corrected chi connectivity index (χ0v) is 16.6. The topological polar surface area (TPSA) is 57.7 Å². The summed E-state index contributed by atoms with van der Waals surface area (Å²) in [5.74, 6) is -2.00. The third-order valence-electron chi connectivity index (χ3n) is 5.62. The van der Waals surface area contributed by atoms with Crippen molar-refractivity contribution < 1.29 is 26.4 Å². The molecule has 3 rings (SSSR count). The normalized spacial score (nSPS) is 24.9. The van der Waals surface area contributed by atoms with Crippen molar-refractivity contribution in [1.29, 1.82) is 0 Å². The molecule has 2 aliphatic rings. The second kappa shape index (κ2) is 8.02. The van der Waals surface area contributed by atoms with Gasteiger partial charge in [0.05, 0.1) is 10.8 Å². The minimum atomic E-state index is -4.32. The number of carbonyl (C=O) groups is 1. The number of halogens is 3. The smallest absolute Gasteiger partial charge is 0.338 e. The van der Waals surface area contributed by atoms with Crippen molar-refractivity contribution in [2.24, 2.45) is 5.92 Å². The van der Waals surface area contributed by atoms with Crippen LogP contribution in [0.15, 0.2) is 29.2 Å². The first-order valence-electron chi connectivity index (χ1n) is 9.58. The molecule has 2 heterocycles. The van der Waals surface area contributed by atoms with Gasteiger partial charge in [-0.05, 0) is 56.9 Å². The number of likely N-dealkylation sites (tertiary alicyclic amines) is 1. The van der Waals surface area contributed by atoms with Gasteiger partial charge in [-0.25, -0.2) is 8.42 Å². The Labute approximate surface area is 163 Å². The van der Waals surface area contributed by atoms with Crippen molar-refractivity contribution in [3.8, 4) is 0 Å². The number of alkyl halides is 3. The Morgan fingerprint density at radius 3 is 2.32 bits per heavy atom. The van der Waals surface area contributed by atoms with E-state index in [4.69, 9.17) is 0 Å². The summed E-state index contributed by atoms with van der Waals surface area (Å²) >= 11 is 0. The maximum atomic E-state index is 13.0. The molecule has 0 saturated carbocycles. The fraction of sp³-hybridized carbons (Fsp3) is 0.632. The van der Waals surface area contributed by atoms with Crippen LogP contribution >= 0.6 is 0 Å². The van der Waals surface area contributed by atoms with Crippen molar-refractivity contribution in [3.05, 3.63) is 29.8 Å². The molecule has 2 atom stereocenters. The van der Waals surface area contributed by atoms with Crippen LogP contribution < -0.4 is 0 Å². The van der Waals surface area contributed by atoms with Gasteiger partial charge in [0.1, 0.15) is 0 Å². The molecule has 1 aromatic rings. The van der Waals surface area contributed by atoms with Gasteiger partial charge in [-0.1, -0.05) is 6.42 Å². The minimum absolute atomic E-state index is 0.0263. The average Bonchev–Trinajstić information content (AvgIpc) is 2.67. The van der Waals surface area contributed by atoms with E-state index in [1.54, 1.807) is 0 Å². The number of hydrogen-bond donors (Lipinski definition) is 0. The van der Waals surface area contributed by atoms with Gasteiger partial charge in [0.25, 0.3) is 5.91 Å². The molecule has 2 fully saturated rings. The number of benzene rings is 1. The maximum absolute atomic E-state index is 13.0. The van der Waals surface area contributed by atoms with E-state index >= 15 is 0 Å². The Kier molecular flexibility index (Phi) is 6.05. The lowest BCUT2D eigenvalue weighted by atomic mass is 9.97. The Morgan fingerprint density at radius 2 is 1.71 bits per heavy atom. The molecule has 1 aromatic carbocycles. The second-order valence-electron chi connectivity index (χ2n) is 7.62. The number of amides is 1. The summed E-state index contributed by atoms with van der Waals surface area (Å²) < 4.78 is 66.0. The number of rotatable bonds is 3. The van der Waals surface area contributed by atoms with Gasteiger partial charge in [0, 0.05) is 31.2 Å². The summed E-state index contributed by atoms with van der Waals surface area (Å²) in [6, 6.07) is 5.44. The van der Waals surface area contributed by atoms with Crippen LogP contribution in [0.5, 0.6) is 0 Å². The Balaban J connectivity index is 1.74. The van der Waals surface area contributed by atoms with E-state index in [-0.39, 0.29) is 36.0 Å². The van der Waals surface area contributed by atoms with E-state index in [0.29, 0.717) is 13.0 Å². The first-order chi connectivity index (χ1) is 13.1. The zero-order chi connectivity index (χ0) is 20.5. The molecule has 0 aliphatic carbocycles. The second-order valence-corrected chi connectivity index (χ2v) is 9.51. The molecule has 0 spiro atoms. The molecule has 0 aromatic heterocycles. The number of sulfonamides is 1. The summed E-state index contributed by atoms with van der Waals surface area (Å²) in [4.78, 5) is 13.9. The van der Waals surface area contributed by atoms with Crippen molar-refractivity contribution in [2.45, 2.75) is 56.1 Å². The highest BCUT2D eigenvalue weighted by Gasteiger charge is 2.42. The molecule has 9 heteroatoms. The van der Waals surface area contributed by atoms with Crippen LogP contribution in [0.4, 0.5) is 13.2 Å². The quantitative estimate of drug-likeness (QED) is 0.753. The largest absolute Gasteiger partial charge is 0.393 e. The summed E-state index contributed by atoms with van der Waals surface area (Å²) in [5, 5.41) is 0. The first kappa shape index (κ1) is 21.1. The van der Waals surface area contributed by atoms with Gasteiger partial charge in [-0.2, -0.15) is 17.5 Å². The molecule has 0 bridgehead atoms. The number of carbonyl (C=O) groups excluding carboxylic acids is 1. The SMILES string of the molecule is CC1CCCCN1S(=O)(=O)c1ccc(C(=O)N2CCCC(C(F)(F)F)C2)cc1. The maximum Gasteiger partial charge on any atom is 0.393 e. The number of nitrogens with zero attached hydrogens (tertiary/aromatic N) is 2. The predicted octanol–water partition coefficient (Wildman–Crippen LogP) is 3.66. The highest BCUT2D eigenvalue weighted by atomic mass is 32.2. The Hall–Kier alpha value is -1.61. The summed E-state index contributed by atoms with van der Waals surface area (Å²) in [5.41, 5.74) is 0.202. The molecular formula is C19H25F3N2O3S. The van der Waals surface area contributed by atoms with Crippen LogP contribution in [0, 0.1) is 5.92 Å². The van der Waals surface area contributed by atoms with Crippen molar-refractivity contribution >= 4 is 15.9 Å². The van der Waals surface area contributed by atoms with Crippen LogP contribution in [0.1, 0.15) is 49.4 Å². The number of hydrogen-bond acceptors (Lipinski definition) is 3. The molecule has 156 valence electrons. The van der Waals surface area contributed by atoms with Crippen LogP contribution in [0.25, 0.3) is 0 Å². The summed E-state index contributed by atoms with van der Waals surface area (Å²) in [6.07, 6.45) is -1.37. The average molecular weight is 418 g/mol. The monoisotopic (exact) mass is 418 g/mol. The van der Waals surface area contributed by atoms with Crippen LogP contribution in [-0.4, -0.2) is 55.4 Å². The van der Waals surface area contributed by atoms with Gasteiger partial charge in [-0.15, -0.1) is 0 Å². The fourth-order valence-electron chi connectivity index (χ4n) is 3.95. The highest BCUT2D eigenvalue weighted by molar-refractivity contribution is 7.89. The fourth-order valence-corrected chi connectivity index (χ4v) is 5.64. The Bertz CT molecular complexity index is 809. The van der Waals surface area contributed by atoms with E-state index in [9.17, 15) is 26.4 Å². The lowest BCUT2D eigenvalue weighted by Gasteiger charge is -2.34. The van der Waals surface area contributed by atoms with Crippen LogP contribution in [0.3, 0.4) is 0 Å². The van der Waals surface area contributed by atoms with Crippen molar-refractivity contribution in [1.82, 2.24) is 9.21 Å². The molecule has 2 saturated heterocycles. The zero-order valence-electron chi connectivity index (χ0n) is 15.8. The predicted molar refractivity (Wildman–Crippen MR) is 98.3 cm³/mol. The third kappa shape index (κ3) is 4.35. The molecule has 1 amide bonds.